The largest absolute Gasteiger partial charge is 0.378 e. The number of ether oxygens (including phenoxy) is 1. The van der Waals surface area contributed by atoms with Gasteiger partial charge in [-0.3, -0.25) is 4.79 Å². The predicted molar refractivity (Wildman–Crippen MR) is 133 cm³/mol. The van der Waals surface area contributed by atoms with Crippen LogP contribution in [0.1, 0.15) is 15.9 Å². The number of nitrogens with one attached hydrogen (secondary N) is 3. The molecule has 3 N–H and O–H groups in total. The summed E-state index contributed by atoms with van der Waals surface area (Å²) in [5, 5.41) is 9.15. The number of nitrogens with zero attached hydrogens (tertiary/aromatic N) is 1. The van der Waals surface area contributed by atoms with Crippen molar-refractivity contribution in [1.29, 1.82) is 0 Å². The maximum atomic E-state index is 12.7. The summed E-state index contributed by atoms with van der Waals surface area (Å²) in [6.45, 7) is 4.58. The third kappa shape index (κ3) is 6.03. The highest BCUT2D eigenvalue weighted by atomic mass is 35.5. The third-order valence-electron chi connectivity index (χ3n) is 5.22. The number of rotatable bonds is 5. The van der Waals surface area contributed by atoms with E-state index in [2.05, 4.69) is 20.9 Å². The molecule has 0 aliphatic carbocycles. The topological polar surface area (TPSA) is 82.7 Å². The van der Waals surface area contributed by atoms with Gasteiger partial charge in [0.1, 0.15) is 0 Å². The van der Waals surface area contributed by atoms with Crippen molar-refractivity contribution in [2.75, 3.05) is 47.2 Å². The lowest BCUT2D eigenvalue weighted by Gasteiger charge is -2.30. The maximum Gasteiger partial charge on any atom is 0.323 e. The number of aryl methyl sites for hydroxylation is 1. The molecule has 0 unspecified atom stereocenters. The minimum Gasteiger partial charge on any atom is -0.378 e. The molecule has 8 heteroatoms. The Morgan fingerprint density at radius 1 is 0.879 bits per heavy atom. The van der Waals surface area contributed by atoms with E-state index in [1.54, 1.807) is 36.4 Å². The molecule has 7 nitrogen and oxygen atoms in total. The predicted octanol–water partition coefficient (Wildman–Crippen LogP) is 5.38. The van der Waals surface area contributed by atoms with E-state index in [1.807, 2.05) is 37.3 Å². The Labute approximate surface area is 197 Å². The molecule has 1 heterocycles. The van der Waals surface area contributed by atoms with Crippen LogP contribution in [0.3, 0.4) is 0 Å². The van der Waals surface area contributed by atoms with Gasteiger partial charge >= 0.3 is 6.03 Å². The van der Waals surface area contributed by atoms with Gasteiger partial charge in [0.2, 0.25) is 0 Å². The SMILES string of the molecule is Cc1cccc(C(=O)Nc2ccc(N3CCOCC3)c(NC(=O)Nc3cccc(Cl)c3)c2)c1. The summed E-state index contributed by atoms with van der Waals surface area (Å²) in [6, 6.07) is 19.4. The summed E-state index contributed by atoms with van der Waals surface area (Å²) in [5.41, 5.74) is 4.17. The average Bonchev–Trinajstić information content (AvgIpc) is 2.80. The summed E-state index contributed by atoms with van der Waals surface area (Å²) >= 11 is 6.01. The second kappa shape index (κ2) is 10.4. The molecular weight excluding hydrogens is 440 g/mol. The molecule has 0 aromatic heterocycles. The van der Waals surface area contributed by atoms with Gasteiger partial charge in [0.25, 0.3) is 5.91 Å². The Kier molecular flexibility index (Phi) is 7.12. The fourth-order valence-electron chi connectivity index (χ4n) is 3.63. The minimum absolute atomic E-state index is 0.216. The Morgan fingerprint density at radius 3 is 2.39 bits per heavy atom. The number of carbonyl (C=O) groups excluding carboxylic acids is 2. The van der Waals surface area contributed by atoms with Gasteiger partial charge in [-0.2, -0.15) is 0 Å². The number of urea groups is 1. The van der Waals surface area contributed by atoms with E-state index in [0.29, 0.717) is 54.0 Å². The molecule has 1 aliphatic rings. The first-order valence-electron chi connectivity index (χ1n) is 10.7. The molecule has 0 atom stereocenters. The van der Waals surface area contributed by atoms with Gasteiger partial charge in [0.15, 0.2) is 0 Å². The monoisotopic (exact) mass is 464 g/mol. The summed E-state index contributed by atoms with van der Waals surface area (Å²) in [6.07, 6.45) is 0. The van der Waals surface area contributed by atoms with Crippen LogP contribution in [0, 0.1) is 6.92 Å². The highest BCUT2D eigenvalue weighted by Crippen LogP contribution is 2.30. The van der Waals surface area contributed by atoms with Crippen LogP contribution >= 0.6 is 11.6 Å². The molecule has 170 valence electrons. The van der Waals surface area contributed by atoms with Gasteiger partial charge in [-0.15, -0.1) is 0 Å². The lowest BCUT2D eigenvalue weighted by Crippen LogP contribution is -2.37. The second-order valence-corrected chi connectivity index (χ2v) is 8.18. The molecule has 1 fully saturated rings. The van der Waals surface area contributed by atoms with Crippen molar-refractivity contribution in [2.45, 2.75) is 6.92 Å². The minimum atomic E-state index is -0.408. The first kappa shape index (κ1) is 22.6. The molecule has 1 saturated heterocycles. The standard InChI is InChI=1S/C25H25ClN4O3/c1-17-4-2-5-18(14-17)24(31)27-21-8-9-23(30-10-12-33-13-11-30)22(16-21)29-25(32)28-20-7-3-6-19(26)15-20/h2-9,14-16H,10-13H2,1H3,(H,27,31)(H2,28,29,32). The number of carbonyl (C=O) groups is 2. The van der Waals surface area contributed by atoms with Crippen LogP contribution in [0.2, 0.25) is 5.02 Å². The van der Waals surface area contributed by atoms with Crippen molar-refractivity contribution in [3.05, 3.63) is 82.9 Å². The van der Waals surface area contributed by atoms with Crippen LogP contribution < -0.4 is 20.9 Å². The normalized spacial score (nSPS) is 13.3. The Morgan fingerprint density at radius 2 is 1.64 bits per heavy atom. The zero-order chi connectivity index (χ0) is 23.2. The molecule has 0 radical (unpaired) electrons. The number of hydrogen-bond acceptors (Lipinski definition) is 4. The van der Waals surface area contributed by atoms with Gasteiger partial charge in [0.05, 0.1) is 24.6 Å². The fourth-order valence-corrected chi connectivity index (χ4v) is 3.82. The van der Waals surface area contributed by atoms with E-state index < -0.39 is 6.03 Å². The van der Waals surface area contributed by atoms with Gasteiger partial charge < -0.3 is 25.6 Å². The van der Waals surface area contributed by atoms with E-state index in [1.165, 1.54) is 0 Å². The summed E-state index contributed by atoms with van der Waals surface area (Å²) in [4.78, 5) is 27.6. The highest BCUT2D eigenvalue weighted by Gasteiger charge is 2.18. The van der Waals surface area contributed by atoms with Crippen LogP contribution in [-0.4, -0.2) is 38.2 Å². The van der Waals surface area contributed by atoms with Crippen LogP contribution in [0.5, 0.6) is 0 Å². The van der Waals surface area contributed by atoms with Crippen molar-refractivity contribution in [3.8, 4) is 0 Å². The van der Waals surface area contributed by atoms with E-state index >= 15 is 0 Å². The lowest BCUT2D eigenvalue weighted by atomic mass is 10.1. The third-order valence-corrected chi connectivity index (χ3v) is 5.45. The van der Waals surface area contributed by atoms with Gasteiger partial charge in [-0.05, 0) is 55.5 Å². The van der Waals surface area contributed by atoms with Crippen molar-refractivity contribution in [3.63, 3.8) is 0 Å². The van der Waals surface area contributed by atoms with Crippen molar-refractivity contribution in [2.24, 2.45) is 0 Å². The molecule has 0 spiro atoms. The summed E-state index contributed by atoms with van der Waals surface area (Å²) in [7, 11) is 0. The smallest absolute Gasteiger partial charge is 0.323 e. The number of anilines is 4. The average molecular weight is 465 g/mol. The Balaban J connectivity index is 1.56. The maximum absolute atomic E-state index is 12.7. The molecule has 3 aromatic carbocycles. The van der Waals surface area contributed by atoms with Crippen LogP contribution in [0.25, 0.3) is 0 Å². The summed E-state index contributed by atoms with van der Waals surface area (Å²) < 4.78 is 5.46. The first-order valence-corrected chi connectivity index (χ1v) is 11.0. The van der Waals surface area contributed by atoms with Gasteiger partial charge in [-0.1, -0.05) is 35.4 Å². The van der Waals surface area contributed by atoms with Crippen molar-refractivity contribution in [1.82, 2.24) is 0 Å². The molecule has 0 bridgehead atoms. The molecule has 0 saturated carbocycles. The molecule has 1 aliphatic heterocycles. The van der Waals surface area contributed by atoms with Crippen LogP contribution in [0.15, 0.2) is 66.7 Å². The fraction of sp³-hybridized carbons (Fsp3) is 0.200. The van der Waals surface area contributed by atoms with Crippen molar-refractivity contribution < 1.29 is 14.3 Å². The highest BCUT2D eigenvalue weighted by molar-refractivity contribution is 6.30. The molecule has 4 rings (SSSR count). The zero-order valence-corrected chi connectivity index (χ0v) is 19.0. The van der Waals surface area contributed by atoms with Crippen molar-refractivity contribution >= 4 is 46.3 Å². The van der Waals surface area contributed by atoms with E-state index in [-0.39, 0.29) is 5.91 Å². The van der Waals surface area contributed by atoms with E-state index in [0.717, 1.165) is 11.3 Å². The van der Waals surface area contributed by atoms with E-state index in [4.69, 9.17) is 16.3 Å². The quantitative estimate of drug-likeness (QED) is 0.473. The molecule has 3 amide bonds. The number of hydrogen-bond donors (Lipinski definition) is 3. The molecular formula is C25H25ClN4O3. The molecule has 3 aromatic rings. The van der Waals surface area contributed by atoms with Gasteiger partial charge in [0, 0.05) is 35.1 Å². The Hall–Kier alpha value is -3.55. The number of benzene rings is 3. The number of morpholine rings is 1. The van der Waals surface area contributed by atoms with Crippen LogP contribution in [-0.2, 0) is 4.74 Å². The first-order chi connectivity index (χ1) is 16.0. The zero-order valence-electron chi connectivity index (χ0n) is 18.2. The molecule has 33 heavy (non-hydrogen) atoms. The number of halogens is 1. The van der Waals surface area contributed by atoms with Crippen LogP contribution in [0.4, 0.5) is 27.5 Å². The lowest BCUT2D eigenvalue weighted by molar-refractivity contribution is 0.102. The Bertz CT molecular complexity index is 1160. The number of amides is 3. The van der Waals surface area contributed by atoms with E-state index in [9.17, 15) is 9.59 Å². The summed E-state index contributed by atoms with van der Waals surface area (Å²) in [5.74, 6) is -0.216. The second-order valence-electron chi connectivity index (χ2n) is 7.74. The van der Waals surface area contributed by atoms with Gasteiger partial charge in [-0.25, -0.2) is 4.79 Å².